The van der Waals surface area contributed by atoms with Crippen LogP contribution in [0.5, 0.6) is 0 Å². The van der Waals surface area contributed by atoms with E-state index in [1.165, 1.54) is 0 Å². The number of halogens is 2. The van der Waals surface area contributed by atoms with Crippen molar-refractivity contribution in [1.82, 2.24) is 9.97 Å². The summed E-state index contributed by atoms with van der Waals surface area (Å²) in [7, 11) is -3.69. The Morgan fingerprint density at radius 1 is 1.11 bits per heavy atom. The zero-order valence-corrected chi connectivity index (χ0v) is 12.0. The van der Waals surface area contributed by atoms with Gasteiger partial charge in [0.25, 0.3) is 10.0 Å². The minimum Gasteiger partial charge on any atom is -0.280 e. The number of benzene rings is 1. The molecule has 0 saturated heterocycles. The molecule has 18 heavy (non-hydrogen) atoms. The van der Waals surface area contributed by atoms with Crippen molar-refractivity contribution in [1.29, 1.82) is 0 Å². The average molecular weight is 349 g/mol. The first kappa shape index (κ1) is 13.3. The normalized spacial score (nSPS) is 11.2. The van der Waals surface area contributed by atoms with E-state index in [2.05, 4.69) is 30.6 Å². The van der Waals surface area contributed by atoms with Crippen LogP contribution in [-0.2, 0) is 10.0 Å². The summed E-state index contributed by atoms with van der Waals surface area (Å²) in [6.07, 6.45) is 2.30. The molecular formula is C10H7BrClN3O2S. The zero-order chi connectivity index (χ0) is 13.2. The fraction of sp³-hybridized carbons (Fsp3) is 0. The lowest BCUT2D eigenvalue weighted by molar-refractivity contribution is 0.600. The molecule has 0 amide bonds. The lowest BCUT2D eigenvalue weighted by Crippen LogP contribution is -2.13. The summed E-state index contributed by atoms with van der Waals surface area (Å²) >= 11 is 8.76. The Kier molecular flexibility index (Phi) is 3.84. The predicted octanol–water partition coefficient (Wildman–Crippen LogP) is 2.69. The van der Waals surface area contributed by atoms with Gasteiger partial charge in [0.05, 0.1) is 12.4 Å². The van der Waals surface area contributed by atoms with Crippen molar-refractivity contribution in [2.75, 3.05) is 4.72 Å². The van der Waals surface area contributed by atoms with Crippen LogP contribution in [0.15, 0.2) is 46.0 Å². The lowest BCUT2D eigenvalue weighted by atomic mass is 10.3. The number of aromatic nitrogens is 2. The van der Waals surface area contributed by atoms with Gasteiger partial charge in [-0.15, -0.1) is 0 Å². The van der Waals surface area contributed by atoms with Crippen molar-refractivity contribution in [2.45, 2.75) is 4.90 Å². The van der Waals surface area contributed by atoms with Crippen LogP contribution in [0.25, 0.3) is 0 Å². The quantitative estimate of drug-likeness (QED) is 0.866. The topological polar surface area (TPSA) is 72.0 Å². The summed E-state index contributed by atoms with van der Waals surface area (Å²) < 4.78 is 27.2. The van der Waals surface area contributed by atoms with E-state index in [0.29, 0.717) is 5.69 Å². The van der Waals surface area contributed by atoms with Crippen molar-refractivity contribution in [3.05, 3.63) is 46.4 Å². The van der Waals surface area contributed by atoms with Crippen LogP contribution in [0.1, 0.15) is 0 Å². The highest BCUT2D eigenvalue weighted by Gasteiger charge is 2.15. The van der Waals surface area contributed by atoms with Gasteiger partial charge in [0.2, 0.25) is 5.28 Å². The molecule has 0 radical (unpaired) electrons. The molecule has 0 aliphatic heterocycles. The first-order valence-electron chi connectivity index (χ1n) is 4.73. The second-order valence-electron chi connectivity index (χ2n) is 3.30. The van der Waals surface area contributed by atoms with E-state index in [1.54, 1.807) is 24.3 Å². The van der Waals surface area contributed by atoms with Gasteiger partial charge in [-0.3, -0.25) is 4.72 Å². The van der Waals surface area contributed by atoms with Gasteiger partial charge < -0.3 is 0 Å². The first-order chi connectivity index (χ1) is 8.47. The molecule has 0 unspecified atom stereocenters. The number of sulfonamides is 1. The van der Waals surface area contributed by atoms with Crippen LogP contribution in [-0.4, -0.2) is 18.4 Å². The summed E-state index contributed by atoms with van der Waals surface area (Å²) in [6, 6.07) is 6.74. The maximum absolute atomic E-state index is 12.0. The van der Waals surface area contributed by atoms with Gasteiger partial charge in [0.1, 0.15) is 4.90 Å². The highest BCUT2D eigenvalue weighted by Crippen LogP contribution is 2.18. The van der Waals surface area contributed by atoms with Crippen LogP contribution in [0, 0.1) is 0 Å². The molecule has 2 aromatic rings. The summed E-state index contributed by atoms with van der Waals surface area (Å²) in [5.74, 6) is 0. The molecule has 1 aromatic heterocycles. The number of anilines is 1. The molecule has 1 heterocycles. The second-order valence-corrected chi connectivity index (χ2v) is 6.24. The van der Waals surface area contributed by atoms with Crippen LogP contribution in [0.2, 0.25) is 5.28 Å². The molecule has 0 bridgehead atoms. The van der Waals surface area contributed by atoms with Crippen LogP contribution in [0.4, 0.5) is 5.69 Å². The molecule has 0 aliphatic carbocycles. The van der Waals surface area contributed by atoms with E-state index in [1.807, 2.05) is 0 Å². The van der Waals surface area contributed by atoms with Crippen LogP contribution < -0.4 is 4.72 Å². The van der Waals surface area contributed by atoms with Gasteiger partial charge in [-0.1, -0.05) is 15.9 Å². The zero-order valence-electron chi connectivity index (χ0n) is 8.84. The minimum atomic E-state index is -3.69. The minimum absolute atomic E-state index is 0.00223. The fourth-order valence-electron chi connectivity index (χ4n) is 1.17. The van der Waals surface area contributed by atoms with Crippen molar-refractivity contribution in [2.24, 2.45) is 0 Å². The van der Waals surface area contributed by atoms with Gasteiger partial charge in [0.15, 0.2) is 0 Å². The molecule has 0 fully saturated rings. The van der Waals surface area contributed by atoms with E-state index < -0.39 is 10.0 Å². The Labute approximate surface area is 117 Å². The van der Waals surface area contributed by atoms with Crippen LogP contribution >= 0.6 is 27.5 Å². The molecule has 2 rings (SSSR count). The molecule has 0 spiro atoms. The third kappa shape index (κ3) is 3.18. The molecule has 8 heteroatoms. The third-order valence-corrected chi connectivity index (χ3v) is 4.06. The molecule has 0 saturated carbocycles. The maximum Gasteiger partial charge on any atom is 0.264 e. The average Bonchev–Trinajstić information content (AvgIpc) is 2.32. The SMILES string of the molecule is O=S(=O)(Nc1ccc(Br)cc1)c1cnc(Cl)nc1. The van der Waals surface area contributed by atoms with Crippen molar-refractivity contribution < 1.29 is 8.42 Å². The van der Waals surface area contributed by atoms with E-state index in [9.17, 15) is 8.42 Å². The van der Waals surface area contributed by atoms with Gasteiger partial charge in [-0.25, -0.2) is 18.4 Å². The van der Waals surface area contributed by atoms with E-state index in [0.717, 1.165) is 16.9 Å². The van der Waals surface area contributed by atoms with Crippen molar-refractivity contribution >= 4 is 43.2 Å². The second kappa shape index (κ2) is 5.21. The van der Waals surface area contributed by atoms with Crippen molar-refractivity contribution in [3.8, 4) is 0 Å². The van der Waals surface area contributed by atoms with Crippen molar-refractivity contribution in [3.63, 3.8) is 0 Å². The third-order valence-electron chi connectivity index (χ3n) is 2.00. The van der Waals surface area contributed by atoms with E-state index in [-0.39, 0.29) is 10.2 Å². The fourth-order valence-corrected chi connectivity index (χ4v) is 2.48. The maximum atomic E-state index is 12.0. The highest BCUT2D eigenvalue weighted by molar-refractivity contribution is 9.10. The Balaban J connectivity index is 2.27. The molecule has 94 valence electrons. The lowest BCUT2D eigenvalue weighted by Gasteiger charge is -2.07. The summed E-state index contributed by atoms with van der Waals surface area (Å²) in [6.45, 7) is 0. The molecule has 1 aromatic carbocycles. The predicted molar refractivity (Wildman–Crippen MR) is 72.0 cm³/mol. The van der Waals surface area contributed by atoms with Gasteiger partial charge >= 0.3 is 0 Å². The number of nitrogens with one attached hydrogen (secondary N) is 1. The summed E-state index contributed by atoms with van der Waals surface area (Å²) in [5.41, 5.74) is 0.452. The first-order valence-corrected chi connectivity index (χ1v) is 7.39. The number of hydrogen-bond acceptors (Lipinski definition) is 4. The monoisotopic (exact) mass is 347 g/mol. The Morgan fingerprint density at radius 2 is 1.67 bits per heavy atom. The van der Waals surface area contributed by atoms with Gasteiger partial charge in [0, 0.05) is 10.2 Å². The van der Waals surface area contributed by atoms with Gasteiger partial charge in [-0.05, 0) is 35.9 Å². The van der Waals surface area contributed by atoms with E-state index in [4.69, 9.17) is 11.6 Å². The highest BCUT2D eigenvalue weighted by atomic mass is 79.9. The number of hydrogen-bond donors (Lipinski definition) is 1. The number of nitrogens with zero attached hydrogens (tertiary/aromatic N) is 2. The van der Waals surface area contributed by atoms with Crippen LogP contribution in [0.3, 0.4) is 0 Å². The van der Waals surface area contributed by atoms with Gasteiger partial charge in [-0.2, -0.15) is 0 Å². The largest absolute Gasteiger partial charge is 0.280 e. The number of rotatable bonds is 3. The molecule has 0 aliphatic rings. The Hall–Kier alpha value is -1.18. The molecular weight excluding hydrogens is 342 g/mol. The molecule has 5 nitrogen and oxygen atoms in total. The Bertz CT molecular complexity index is 644. The Morgan fingerprint density at radius 3 is 2.22 bits per heavy atom. The smallest absolute Gasteiger partial charge is 0.264 e. The molecule has 1 N–H and O–H groups in total. The standard InChI is InChI=1S/C10H7BrClN3O2S/c11-7-1-3-8(4-2-7)15-18(16,17)9-5-13-10(12)14-6-9/h1-6,15H. The summed E-state index contributed by atoms with van der Waals surface area (Å²) in [4.78, 5) is 7.21. The van der Waals surface area contributed by atoms with E-state index >= 15 is 0 Å². The molecule has 0 atom stereocenters. The summed E-state index contributed by atoms with van der Waals surface area (Å²) in [5, 5.41) is -0.00223.